The molecule has 0 unspecified atom stereocenters. The minimum atomic E-state index is -0.197. The predicted octanol–water partition coefficient (Wildman–Crippen LogP) is 1.33. The van der Waals surface area contributed by atoms with Gasteiger partial charge in [0.25, 0.3) is 5.91 Å². The van der Waals surface area contributed by atoms with Crippen LogP contribution in [-0.2, 0) is 6.54 Å². The van der Waals surface area contributed by atoms with Crippen LogP contribution in [0.1, 0.15) is 27.0 Å². The first-order valence-electron chi connectivity index (χ1n) is 6.55. The topological polar surface area (TPSA) is 69.2 Å². The van der Waals surface area contributed by atoms with Crippen LogP contribution < -0.4 is 0 Å². The van der Waals surface area contributed by atoms with Gasteiger partial charge in [-0.15, -0.1) is 0 Å². The molecule has 1 heterocycles. The highest BCUT2D eigenvalue weighted by Gasteiger charge is 2.15. The minimum Gasteiger partial charge on any atom is -0.384 e. The Hall–Kier alpha value is -2.58. The zero-order valence-corrected chi connectivity index (χ0v) is 12.1. The molecule has 0 saturated carbocycles. The molecule has 0 bridgehead atoms. The van der Waals surface area contributed by atoms with Gasteiger partial charge in [-0.25, -0.2) is 0 Å². The van der Waals surface area contributed by atoms with Crippen LogP contribution in [0.3, 0.4) is 0 Å². The average Bonchev–Trinajstić information content (AvgIpc) is 2.98. The van der Waals surface area contributed by atoms with Crippen LogP contribution in [0, 0.1) is 18.8 Å². The number of nitrogens with one attached hydrogen (secondary N) is 1. The van der Waals surface area contributed by atoms with Crippen molar-refractivity contribution in [3.8, 4) is 11.8 Å². The van der Waals surface area contributed by atoms with Crippen molar-refractivity contribution in [1.82, 2.24) is 15.1 Å². The van der Waals surface area contributed by atoms with E-state index in [1.165, 1.54) is 0 Å². The van der Waals surface area contributed by atoms with Crippen molar-refractivity contribution >= 4 is 5.91 Å². The van der Waals surface area contributed by atoms with Crippen LogP contribution in [-0.4, -0.2) is 39.8 Å². The van der Waals surface area contributed by atoms with E-state index in [0.29, 0.717) is 12.1 Å². The maximum atomic E-state index is 12.5. The zero-order chi connectivity index (χ0) is 15.2. The molecule has 5 nitrogen and oxygen atoms in total. The number of aryl methyl sites for hydroxylation is 1. The highest BCUT2D eigenvalue weighted by atomic mass is 16.2. The summed E-state index contributed by atoms with van der Waals surface area (Å²) < 4.78 is 0. The van der Waals surface area contributed by atoms with Crippen LogP contribution in [0.15, 0.2) is 30.6 Å². The largest absolute Gasteiger partial charge is 0.384 e. The number of rotatable bonds is 3. The van der Waals surface area contributed by atoms with Gasteiger partial charge >= 0.3 is 0 Å². The summed E-state index contributed by atoms with van der Waals surface area (Å²) in [5.41, 5.74) is 3.17. The van der Waals surface area contributed by atoms with Gasteiger partial charge in [-0.1, -0.05) is 17.9 Å². The fourth-order valence-corrected chi connectivity index (χ4v) is 1.99. The summed E-state index contributed by atoms with van der Waals surface area (Å²) in [6, 6.07) is 5.46. The molecule has 0 radical (unpaired) electrons. The number of hydrogen-bond acceptors (Lipinski definition) is 3. The molecule has 21 heavy (non-hydrogen) atoms. The van der Waals surface area contributed by atoms with E-state index in [2.05, 4.69) is 22.0 Å². The number of nitrogens with zero attached hydrogens (tertiary/aromatic N) is 2. The van der Waals surface area contributed by atoms with Gasteiger partial charge in [0.05, 0.1) is 6.20 Å². The Morgan fingerprint density at radius 2 is 2.29 bits per heavy atom. The van der Waals surface area contributed by atoms with E-state index in [1.54, 1.807) is 30.4 Å². The normalized spacial score (nSPS) is 9.86. The zero-order valence-electron chi connectivity index (χ0n) is 12.1. The standard InChI is InChI=1S/C16H17N3O2/c1-12-5-6-13(4-3-7-20)8-15(12)16(21)19(2)11-14-9-17-18-10-14/h5-6,8-10,20H,7,11H2,1-2H3,(H,17,18). The Morgan fingerprint density at radius 1 is 1.48 bits per heavy atom. The molecule has 0 aliphatic carbocycles. The number of carbonyl (C=O) groups is 1. The average molecular weight is 283 g/mol. The van der Waals surface area contributed by atoms with Crippen molar-refractivity contribution in [2.45, 2.75) is 13.5 Å². The lowest BCUT2D eigenvalue weighted by molar-refractivity contribution is 0.0784. The molecule has 5 heteroatoms. The Kier molecular flexibility index (Phi) is 4.75. The quantitative estimate of drug-likeness (QED) is 0.835. The van der Waals surface area contributed by atoms with Gasteiger partial charge in [0.15, 0.2) is 0 Å². The molecule has 0 atom stereocenters. The molecule has 0 aliphatic heterocycles. The third kappa shape index (κ3) is 3.71. The molecule has 0 saturated heterocycles. The second-order valence-corrected chi connectivity index (χ2v) is 4.76. The van der Waals surface area contributed by atoms with Crippen molar-refractivity contribution in [3.05, 3.63) is 52.8 Å². The summed E-state index contributed by atoms with van der Waals surface area (Å²) in [7, 11) is 1.75. The Bertz CT molecular complexity index is 681. The number of H-pyrrole nitrogens is 1. The second-order valence-electron chi connectivity index (χ2n) is 4.76. The van der Waals surface area contributed by atoms with Crippen molar-refractivity contribution in [2.24, 2.45) is 0 Å². The number of aromatic nitrogens is 2. The van der Waals surface area contributed by atoms with Gasteiger partial charge in [-0.3, -0.25) is 9.89 Å². The van der Waals surface area contributed by atoms with Crippen LogP contribution in [0.5, 0.6) is 0 Å². The van der Waals surface area contributed by atoms with Gasteiger partial charge in [0.1, 0.15) is 6.61 Å². The second kappa shape index (κ2) is 6.73. The molecular formula is C16H17N3O2. The lowest BCUT2D eigenvalue weighted by atomic mass is 10.0. The number of carbonyl (C=O) groups excluding carboxylic acids is 1. The van der Waals surface area contributed by atoms with Crippen LogP contribution in [0.2, 0.25) is 0 Å². The SMILES string of the molecule is Cc1ccc(C#CCO)cc1C(=O)N(C)Cc1cn[nH]c1. The molecule has 1 amide bonds. The number of benzene rings is 1. The number of aliphatic hydroxyl groups excluding tert-OH is 1. The Balaban J connectivity index is 2.21. The van der Waals surface area contributed by atoms with Gasteiger partial charge in [0, 0.05) is 36.5 Å². The summed E-state index contributed by atoms with van der Waals surface area (Å²) in [5, 5.41) is 15.3. The fourth-order valence-electron chi connectivity index (χ4n) is 1.99. The van der Waals surface area contributed by atoms with E-state index in [9.17, 15) is 4.79 Å². The number of hydrogen-bond donors (Lipinski definition) is 2. The molecule has 0 aliphatic rings. The highest BCUT2D eigenvalue weighted by molar-refractivity contribution is 5.95. The number of aromatic amines is 1. The molecule has 0 spiro atoms. The summed E-state index contributed by atoms with van der Waals surface area (Å²) in [6.07, 6.45) is 3.46. The summed E-state index contributed by atoms with van der Waals surface area (Å²) in [4.78, 5) is 14.2. The van der Waals surface area contributed by atoms with Gasteiger partial charge in [-0.05, 0) is 24.6 Å². The lowest BCUT2D eigenvalue weighted by Crippen LogP contribution is -2.26. The summed E-state index contributed by atoms with van der Waals surface area (Å²) >= 11 is 0. The monoisotopic (exact) mass is 283 g/mol. The van der Waals surface area contributed by atoms with Crippen molar-refractivity contribution in [1.29, 1.82) is 0 Å². The van der Waals surface area contributed by atoms with E-state index in [-0.39, 0.29) is 12.5 Å². The van der Waals surface area contributed by atoms with Crippen LogP contribution in [0.4, 0.5) is 0 Å². The molecule has 0 fully saturated rings. The van der Waals surface area contributed by atoms with Gasteiger partial charge in [-0.2, -0.15) is 5.10 Å². The first-order valence-corrected chi connectivity index (χ1v) is 6.55. The Labute approximate surface area is 123 Å². The predicted molar refractivity (Wildman–Crippen MR) is 79.5 cm³/mol. The molecule has 1 aromatic carbocycles. The third-order valence-electron chi connectivity index (χ3n) is 3.10. The molecule has 108 valence electrons. The third-order valence-corrected chi connectivity index (χ3v) is 3.10. The van der Waals surface area contributed by atoms with Gasteiger partial charge < -0.3 is 10.0 Å². The molecular weight excluding hydrogens is 266 g/mol. The van der Waals surface area contributed by atoms with Crippen molar-refractivity contribution in [2.75, 3.05) is 13.7 Å². The molecule has 2 rings (SSSR count). The van der Waals surface area contributed by atoms with Crippen LogP contribution >= 0.6 is 0 Å². The fraction of sp³-hybridized carbons (Fsp3) is 0.250. The summed E-state index contributed by atoms with van der Waals surface area (Å²) in [6.45, 7) is 2.18. The molecule has 2 aromatic rings. The van der Waals surface area contributed by atoms with E-state index >= 15 is 0 Å². The minimum absolute atomic E-state index is 0.0682. The van der Waals surface area contributed by atoms with E-state index in [4.69, 9.17) is 5.11 Å². The van der Waals surface area contributed by atoms with E-state index < -0.39 is 0 Å². The van der Waals surface area contributed by atoms with E-state index in [1.807, 2.05) is 19.1 Å². The molecule has 2 N–H and O–H groups in total. The van der Waals surface area contributed by atoms with Crippen molar-refractivity contribution < 1.29 is 9.90 Å². The first kappa shape index (κ1) is 14.8. The van der Waals surface area contributed by atoms with Gasteiger partial charge in [0.2, 0.25) is 0 Å². The van der Waals surface area contributed by atoms with Crippen molar-refractivity contribution in [3.63, 3.8) is 0 Å². The maximum absolute atomic E-state index is 12.5. The van der Waals surface area contributed by atoms with E-state index in [0.717, 1.165) is 16.7 Å². The smallest absolute Gasteiger partial charge is 0.254 e. The summed E-state index contributed by atoms with van der Waals surface area (Å²) in [5.74, 6) is 5.33. The number of aliphatic hydroxyl groups is 1. The van der Waals surface area contributed by atoms with Crippen LogP contribution in [0.25, 0.3) is 0 Å². The lowest BCUT2D eigenvalue weighted by Gasteiger charge is -2.17. The first-order chi connectivity index (χ1) is 10.1. The number of amides is 1. The maximum Gasteiger partial charge on any atom is 0.254 e. The Morgan fingerprint density at radius 3 is 2.95 bits per heavy atom. The molecule has 1 aromatic heterocycles. The highest BCUT2D eigenvalue weighted by Crippen LogP contribution is 2.14.